The highest BCUT2D eigenvalue weighted by atomic mass is 16.5. The maximum Gasteiger partial charge on any atom is 0.281 e. The maximum atomic E-state index is 12.9. The summed E-state index contributed by atoms with van der Waals surface area (Å²) in [5.74, 6) is -0.0113. The summed E-state index contributed by atoms with van der Waals surface area (Å²) in [6, 6.07) is 16.9. The molecule has 1 fully saturated rings. The van der Waals surface area contributed by atoms with E-state index in [2.05, 4.69) is 20.3 Å². The second kappa shape index (κ2) is 7.46. The van der Waals surface area contributed by atoms with Crippen LogP contribution in [0.4, 0.5) is 23.3 Å². The molecular formula is C19H20N6O2. The van der Waals surface area contributed by atoms with Gasteiger partial charge in [-0.25, -0.2) is 0 Å². The summed E-state index contributed by atoms with van der Waals surface area (Å²) in [6.45, 7) is 2.97. The van der Waals surface area contributed by atoms with Gasteiger partial charge in [-0.15, -0.1) is 5.10 Å². The van der Waals surface area contributed by atoms with E-state index in [0.29, 0.717) is 18.8 Å². The fourth-order valence-electron chi connectivity index (χ4n) is 2.96. The monoisotopic (exact) mass is 364 g/mol. The molecule has 1 aliphatic heterocycles. The average molecular weight is 364 g/mol. The Labute approximate surface area is 156 Å². The van der Waals surface area contributed by atoms with Gasteiger partial charge in [0.15, 0.2) is 0 Å². The van der Waals surface area contributed by atoms with Crippen LogP contribution in [0.25, 0.3) is 0 Å². The van der Waals surface area contributed by atoms with Crippen LogP contribution in [0.5, 0.6) is 0 Å². The summed E-state index contributed by atoms with van der Waals surface area (Å²) in [5.41, 5.74) is 8.21. The first kappa shape index (κ1) is 17.0. The van der Waals surface area contributed by atoms with Crippen molar-refractivity contribution in [3.8, 4) is 0 Å². The van der Waals surface area contributed by atoms with Gasteiger partial charge in [-0.1, -0.05) is 24.3 Å². The third-order valence-electron chi connectivity index (χ3n) is 4.32. The molecule has 0 saturated carbocycles. The number of hydrogen-bond donors (Lipinski definition) is 2. The number of ether oxygens (including phenoxy) is 1. The lowest BCUT2D eigenvalue weighted by Gasteiger charge is -2.29. The molecule has 8 heteroatoms. The number of nitrogens with one attached hydrogen (secondary N) is 1. The van der Waals surface area contributed by atoms with Gasteiger partial charge in [0.1, 0.15) is 0 Å². The number of morpholine rings is 1. The van der Waals surface area contributed by atoms with Crippen molar-refractivity contribution in [3.63, 3.8) is 0 Å². The predicted octanol–water partition coefficient (Wildman–Crippen LogP) is 2.13. The van der Waals surface area contributed by atoms with Crippen molar-refractivity contribution in [3.05, 3.63) is 60.2 Å². The molecule has 4 rings (SSSR count). The summed E-state index contributed by atoms with van der Waals surface area (Å²) in [6.07, 6.45) is 0. The van der Waals surface area contributed by atoms with Gasteiger partial charge >= 0.3 is 0 Å². The third kappa shape index (κ3) is 3.75. The molecule has 2 aromatic carbocycles. The van der Waals surface area contributed by atoms with Gasteiger partial charge in [0, 0.05) is 30.0 Å². The lowest BCUT2D eigenvalue weighted by molar-refractivity contribution is 0.0948. The minimum atomic E-state index is -0.323. The van der Waals surface area contributed by atoms with Gasteiger partial charge in [0.2, 0.25) is 11.9 Å². The smallest absolute Gasteiger partial charge is 0.281 e. The highest BCUT2D eigenvalue weighted by molar-refractivity contribution is 5.97. The molecule has 0 spiro atoms. The molecule has 1 aromatic heterocycles. The second-order valence-electron chi connectivity index (χ2n) is 6.15. The van der Waals surface area contributed by atoms with E-state index in [1.165, 1.54) is 0 Å². The Kier molecular flexibility index (Phi) is 4.71. The van der Waals surface area contributed by atoms with Gasteiger partial charge in [-0.2, -0.15) is 9.67 Å². The Hall–Kier alpha value is -3.39. The van der Waals surface area contributed by atoms with Crippen LogP contribution in [0.1, 0.15) is 10.4 Å². The van der Waals surface area contributed by atoms with E-state index >= 15 is 0 Å². The zero-order chi connectivity index (χ0) is 18.6. The molecule has 0 amide bonds. The van der Waals surface area contributed by atoms with Crippen molar-refractivity contribution in [1.29, 1.82) is 0 Å². The van der Waals surface area contributed by atoms with Crippen LogP contribution in [0.3, 0.4) is 0 Å². The number of nitrogens with zero attached hydrogens (tertiary/aromatic N) is 4. The van der Waals surface area contributed by atoms with Crippen molar-refractivity contribution in [2.75, 3.05) is 42.3 Å². The molecule has 138 valence electrons. The van der Waals surface area contributed by atoms with Crippen molar-refractivity contribution in [2.24, 2.45) is 0 Å². The van der Waals surface area contributed by atoms with Gasteiger partial charge in [-0.3, -0.25) is 4.79 Å². The number of para-hydroxylation sites is 1. The zero-order valence-corrected chi connectivity index (χ0v) is 14.7. The number of benzene rings is 2. The minimum Gasteiger partial charge on any atom is -0.378 e. The molecule has 0 atom stereocenters. The Bertz CT molecular complexity index is 934. The highest BCUT2D eigenvalue weighted by Crippen LogP contribution is 2.20. The number of anilines is 4. The molecule has 2 heterocycles. The minimum absolute atomic E-state index is 0.0372. The maximum absolute atomic E-state index is 12.9. The number of nitrogens with two attached hydrogens (primary N) is 1. The number of hydrogen-bond acceptors (Lipinski definition) is 7. The molecule has 27 heavy (non-hydrogen) atoms. The fraction of sp³-hybridized carbons (Fsp3) is 0.211. The Morgan fingerprint density at radius 3 is 2.63 bits per heavy atom. The largest absolute Gasteiger partial charge is 0.378 e. The number of carbonyl (C=O) groups excluding carboxylic acids is 1. The summed E-state index contributed by atoms with van der Waals surface area (Å²) < 4.78 is 6.50. The molecule has 0 radical (unpaired) electrons. The van der Waals surface area contributed by atoms with Crippen LogP contribution in [-0.2, 0) is 4.74 Å². The van der Waals surface area contributed by atoms with E-state index < -0.39 is 0 Å². The first-order valence-electron chi connectivity index (χ1n) is 8.73. The SMILES string of the molecule is Nc1nc(Nc2ccccc2)nn1C(=O)c1cccc(N2CCOCC2)c1. The lowest BCUT2D eigenvalue weighted by atomic mass is 10.1. The predicted molar refractivity (Wildman–Crippen MR) is 103 cm³/mol. The van der Waals surface area contributed by atoms with E-state index in [0.717, 1.165) is 29.1 Å². The third-order valence-corrected chi connectivity index (χ3v) is 4.32. The Morgan fingerprint density at radius 2 is 1.85 bits per heavy atom. The first-order chi connectivity index (χ1) is 13.2. The number of carbonyl (C=O) groups is 1. The summed E-state index contributed by atoms with van der Waals surface area (Å²) in [4.78, 5) is 19.2. The van der Waals surface area contributed by atoms with E-state index in [1.54, 1.807) is 6.07 Å². The molecule has 1 aliphatic rings. The van der Waals surface area contributed by atoms with Crippen molar-refractivity contribution in [2.45, 2.75) is 0 Å². The molecule has 1 saturated heterocycles. The topological polar surface area (TPSA) is 98.3 Å². The van der Waals surface area contributed by atoms with Gasteiger partial charge < -0.3 is 20.7 Å². The van der Waals surface area contributed by atoms with E-state index in [-0.39, 0.29) is 17.8 Å². The van der Waals surface area contributed by atoms with Crippen LogP contribution in [-0.4, -0.2) is 47.0 Å². The van der Waals surface area contributed by atoms with Crippen LogP contribution in [0.2, 0.25) is 0 Å². The molecular weight excluding hydrogens is 344 g/mol. The second-order valence-corrected chi connectivity index (χ2v) is 6.15. The summed E-state index contributed by atoms with van der Waals surface area (Å²) in [7, 11) is 0. The van der Waals surface area contributed by atoms with Crippen LogP contribution in [0, 0.1) is 0 Å². The number of nitrogen functional groups attached to an aromatic ring is 1. The average Bonchev–Trinajstić information content (AvgIpc) is 3.09. The zero-order valence-electron chi connectivity index (χ0n) is 14.7. The van der Waals surface area contributed by atoms with Gasteiger partial charge in [0.05, 0.1) is 13.2 Å². The van der Waals surface area contributed by atoms with E-state index in [1.807, 2.05) is 48.5 Å². The van der Waals surface area contributed by atoms with Crippen molar-refractivity contribution < 1.29 is 9.53 Å². The Morgan fingerprint density at radius 1 is 1.07 bits per heavy atom. The summed E-state index contributed by atoms with van der Waals surface area (Å²) in [5, 5.41) is 7.25. The molecule has 0 unspecified atom stereocenters. The fourth-order valence-corrected chi connectivity index (χ4v) is 2.96. The molecule has 3 N–H and O–H groups in total. The van der Waals surface area contributed by atoms with E-state index in [9.17, 15) is 4.79 Å². The molecule has 3 aromatic rings. The number of aromatic nitrogens is 3. The normalized spacial score (nSPS) is 14.1. The van der Waals surface area contributed by atoms with Crippen molar-refractivity contribution >= 4 is 29.2 Å². The van der Waals surface area contributed by atoms with Gasteiger partial charge in [0.25, 0.3) is 5.91 Å². The molecule has 8 nitrogen and oxygen atoms in total. The highest BCUT2D eigenvalue weighted by Gasteiger charge is 2.18. The van der Waals surface area contributed by atoms with Gasteiger partial charge in [-0.05, 0) is 30.3 Å². The lowest BCUT2D eigenvalue weighted by Crippen LogP contribution is -2.36. The first-order valence-corrected chi connectivity index (χ1v) is 8.73. The molecule has 0 bridgehead atoms. The quantitative estimate of drug-likeness (QED) is 0.732. The summed E-state index contributed by atoms with van der Waals surface area (Å²) >= 11 is 0. The standard InChI is InChI=1S/C19H20N6O2/c20-18-22-19(21-15-6-2-1-3-7-15)23-25(18)17(26)14-5-4-8-16(13-14)24-9-11-27-12-10-24/h1-8,13H,9-12H2,(H3,20,21,22,23). The number of rotatable bonds is 4. The van der Waals surface area contributed by atoms with Crippen LogP contribution >= 0.6 is 0 Å². The van der Waals surface area contributed by atoms with Crippen LogP contribution < -0.4 is 16.0 Å². The Balaban J connectivity index is 1.56. The van der Waals surface area contributed by atoms with E-state index in [4.69, 9.17) is 10.5 Å². The van der Waals surface area contributed by atoms with Crippen LogP contribution in [0.15, 0.2) is 54.6 Å². The van der Waals surface area contributed by atoms with Crippen molar-refractivity contribution in [1.82, 2.24) is 14.8 Å². The molecule has 0 aliphatic carbocycles.